The molecule has 0 aliphatic carbocycles. The molecule has 12 rings (SSSR count). The first-order valence-corrected chi connectivity index (χ1v) is 21.0. The molecule has 0 spiro atoms. The number of hydrogen-bond donors (Lipinski definition) is 0. The van der Waals surface area contributed by atoms with Gasteiger partial charge in [0.15, 0.2) is 17.5 Å². The van der Waals surface area contributed by atoms with E-state index in [0.29, 0.717) is 23.2 Å². The number of benzene rings is 9. The summed E-state index contributed by atoms with van der Waals surface area (Å²) in [5.74, 6) is 1.90. The molecule has 0 radical (unpaired) electrons. The van der Waals surface area contributed by atoms with Gasteiger partial charge in [-0.1, -0.05) is 182 Å². The molecule has 0 aliphatic heterocycles. The third-order valence-corrected chi connectivity index (χ3v) is 11.8. The van der Waals surface area contributed by atoms with E-state index in [1.807, 2.05) is 66.7 Å². The summed E-state index contributed by atoms with van der Waals surface area (Å²) in [4.78, 5) is 24.7. The second-order valence-electron chi connectivity index (χ2n) is 15.7. The number of furan rings is 1. The highest BCUT2D eigenvalue weighted by atomic mass is 16.3. The molecular weight excluding hydrogens is 771 g/mol. The van der Waals surface area contributed by atoms with Crippen LogP contribution in [0.2, 0.25) is 0 Å². The Balaban J connectivity index is 0.816. The summed E-state index contributed by atoms with van der Waals surface area (Å²) in [7, 11) is 0. The van der Waals surface area contributed by atoms with Crippen LogP contribution in [0, 0.1) is 0 Å². The number of aromatic nitrogens is 5. The van der Waals surface area contributed by atoms with Crippen molar-refractivity contribution in [3.05, 3.63) is 212 Å². The lowest BCUT2D eigenvalue weighted by molar-refractivity contribution is 0.655. The molecule has 0 unspecified atom stereocenters. The van der Waals surface area contributed by atoms with Gasteiger partial charge in [0.1, 0.15) is 11.1 Å². The Kier molecular flexibility index (Phi) is 8.71. The van der Waals surface area contributed by atoms with Crippen molar-refractivity contribution < 1.29 is 4.42 Å². The molecule has 63 heavy (non-hydrogen) atoms. The summed E-state index contributed by atoms with van der Waals surface area (Å²) < 4.78 is 6.16. The zero-order valence-electron chi connectivity index (χ0n) is 33.9. The normalized spacial score (nSPS) is 11.5. The van der Waals surface area contributed by atoms with Gasteiger partial charge in [0.2, 0.25) is 5.71 Å². The van der Waals surface area contributed by atoms with Crippen LogP contribution >= 0.6 is 0 Å². The molecule has 0 atom stereocenters. The maximum atomic E-state index is 6.16. The van der Waals surface area contributed by atoms with E-state index in [2.05, 4.69) is 146 Å². The van der Waals surface area contributed by atoms with Gasteiger partial charge in [-0.3, -0.25) is 0 Å². The first-order valence-electron chi connectivity index (χ1n) is 21.0. The minimum Gasteiger partial charge on any atom is -0.436 e. The van der Waals surface area contributed by atoms with E-state index < -0.39 is 0 Å². The van der Waals surface area contributed by atoms with Gasteiger partial charge in [-0.25, -0.2) is 24.9 Å². The molecule has 0 N–H and O–H groups in total. The molecule has 9 aromatic carbocycles. The van der Waals surface area contributed by atoms with Crippen LogP contribution in [0.4, 0.5) is 0 Å². The Morgan fingerprint density at radius 1 is 0.286 bits per heavy atom. The van der Waals surface area contributed by atoms with Crippen molar-refractivity contribution >= 4 is 44.0 Å². The number of para-hydroxylation sites is 2. The molecule has 0 fully saturated rings. The first-order chi connectivity index (χ1) is 31.2. The third-order valence-electron chi connectivity index (χ3n) is 11.8. The molecule has 0 bridgehead atoms. The highest BCUT2D eigenvalue weighted by molar-refractivity contribution is 6.18. The van der Waals surface area contributed by atoms with Crippen LogP contribution in [0.3, 0.4) is 0 Å². The van der Waals surface area contributed by atoms with E-state index in [1.165, 1.54) is 5.56 Å². The molecule has 294 valence electrons. The molecule has 3 heterocycles. The highest BCUT2D eigenvalue weighted by Crippen LogP contribution is 2.37. The van der Waals surface area contributed by atoms with Gasteiger partial charge in [-0.05, 0) is 85.6 Å². The molecule has 0 amide bonds. The smallest absolute Gasteiger partial charge is 0.246 e. The maximum Gasteiger partial charge on any atom is 0.246 e. The van der Waals surface area contributed by atoms with Gasteiger partial charge in [-0.15, -0.1) is 0 Å². The second kappa shape index (κ2) is 15.1. The minimum atomic E-state index is 0.561. The van der Waals surface area contributed by atoms with Crippen LogP contribution in [-0.2, 0) is 0 Å². The van der Waals surface area contributed by atoms with Gasteiger partial charge < -0.3 is 4.42 Å². The molecule has 0 saturated heterocycles. The molecule has 3 aromatic heterocycles. The zero-order chi connectivity index (χ0) is 41.7. The SMILES string of the molecule is c1ccc(-c2ccc(-c3nc(-c4ccccc4)nc(-c4cccc(-c5ccc(-c6ccc(-c7ccc8c(ccc9oc%10nc%11ccccc%11nc%10c98)c7)cc6)cc5)c4)n3)cc2)cc1. The van der Waals surface area contributed by atoms with Gasteiger partial charge in [0.25, 0.3) is 0 Å². The Hall–Kier alpha value is -8.61. The van der Waals surface area contributed by atoms with Gasteiger partial charge in [0, 0.05) is 16.7 Å². The fraction of sp³-hybridized carbons (Fsp3) is 0. The van der Waals surface area contributed by atoms with E-state index in [4.69, 9.17) is 29.3 Å². The maximum absolute atomic E-state index is 6.16. The predicted molar refractivity (Wildman–Crippen MR) is 256 cm³/mol. The molecule has 6 heteroatoms. The summed E-state index contributed by atoms with van der Waals surface area (Å²) in [5.41, 5.74) is 15.7. The van der Waals surface area contributed by atoms with Gasteiger partial charge in [-0.2, -0.15) is 0 Å². The molecule has 0 saturated carbocycles. The molecule has 6 nitrogen and oxygen atoms in total. The fourth-order valence-corrected chi connectivity index (χ4v) is 8.48. The van der Waals surface area contributed by atoms with Crippen LogP contribution < -0.4 is 0 Å². The Morgan fingerprint density at radius 2 is 0.714 bits per heavy atom. The van der Waals surface area contributed by atoms with Gasteiger partial charge >= 0.3 is 0 Å². The number of hydrogen-bond acceptors (Lipinski definition) is 6. The summed E-state index contributed by atoms with van der Waals surface area (Å²) in [6, 6.07) is 73.5. The van der Waals surface area contributed by atoms with E-state index in [0.717, 1.165) is 93.9 Å². The van der Waals surface area contributed by atoms with Crippen LogP contribution in [0.1, 0.15) is 0 Å². The lowest BCUT2D eigenvalue weighted by Gasteiger charge is -2.11. The summed E-state index contributed by atoms with van der Waals surface area (Å²) >= 11 is 0. The van der Waals surface area contributed by atoms with Crippen molar-refractivity contribution in [3.63, 3.8) is 0 Å². The minimum absolute atomic E-state index is 0.561. The van der Waals surface area contributed by atoms with Crippen LogP contribution in [0.15, 0.2) is 217 Å². The summed E-state index contributed by atoms with van der Waals surface area (Å²) in [6.45, 7) is 0. The standard InChI is InChI=1S/C57H35N5O/c1-3-10-36(11-4-1)37-26-28-43(29-27-37)55-60-54(42-12-5-2-6-13-42)61-56(62-55)47-15-9-14-44(35-47)40-22-18-38(19-23-40)39-20-24-41(25-21-39)45-30-32-48-46(34-45)31-33-51-52(48)53-57(63-51)59-50-17-8-7-16-49(50)58-53/h1-35H. The zero-order valence-corrected chi connectivity index (χ0v) is 33.9. The van der Waals surface area contributed by atoms with Crippen molar-refractivity contribution in [2.24, 2.45) is 0 Å². The summed E-state index contributed by atoms with van der Waals surface area (Å²) in [5, 5.41) is 3.22. The molecule has 12 aromatic rings. The largest absolute Gasteiger partial charge is 0.436 e. The first kappa shape index (κ1) is 36.3. The van der Waals surface area contributed by atoms with E-state index in [9.17, 15) is 0 Å². The quantitative estimate of drug-likeness (QED) is 0.160. The number of rotatable bonds is 7. The van der Waals surface area contributed by atoms with Crippen LogP contribution in [0.25, 0.3) is 123 Å². The molecular formula is C57H35N5O. The Bertz CT molecular complexity index is 3640. The highest BCUT2D eigenvalue weighted by Gasteiger charge is 2.16. The average molecular weight is 806 g/mol. The lowest BCUT2D eigenvalue weighted by Crippen LogP contribution is -2.00. The Labute approximate surface area is 362 Å². The van der Waals surface area contributed by atoms with Gasteiger partial charge in [0.05, 0.1) is 16.4 Å². The van der Waals surface area contributed by atoms with Crippen molar-refractivity contribution in [1.29, 1.82) is 0 Å². The molecule has 0 aliphatic rings. The lowest BCUT2D eigenvalue weighted by atomic mass is 9.96. The van der Waals surface area contributed by atoms with Crippen molar-refractivity contribution in [1.82, 2.24) is 24.9 Å². The van der Waals surface area contributed by atoms with E-state index in [1.54, 1.807) is 0 Å². The van der Waals surface area contributed by atoms with E-state index in [-0.39, 0.29) is 0 Å². The number of fused-ring (bicyclic) bond motifs is 6. The van der Waals surface area contributed by atoms with Crippen LogP contribution in [-0.4, -0.2) is 24.9 Å². The topological polar surface area (TPSA) is 77.6 Å². The number of nitrogens with zero attached hydrogens (tertiary/aromatic N) is 5. The fourth-order valence-electron chi connectivity index (χ4n) is 8.48. The van der Waals surface area contributed by atoms with E-state index >= 15 is 0 Å². The summed E-state index contributed by atoms with van der Waals surface area (Å²) in [6.07, 6.45) is 0. The van der Waals surface area contributed by atoms with Crippen LogP contribution in [0.5, 0.6) is 0 Å². The third kappa shape index (κ3) is 6.76. The van der Waals surface area contributed by atoms with Crippen molar-refractivity contribution in [2.45, 2.75) is 0 Å². The average Bonchev–Trinajstić information content (AvgIpc) is 3.74. The van der Waals surface area contributed by atoms with Crippen molar-refractivity contribution in [2.75, 3.05) is 0 Å². The Morgan fingerprint density at radius 3 is 1.33 bits per heavy atom. The van der Waals surface area contributed by atoms with Crippen molar-refractivity contribution in [3.8, 4) is 78.7 Å². The second-order valence-corrected chi connectivity index (χ2v) is 15.7. The predicted octanol–water partition coefficient (Wildman–Crippen LogP) is 14.5. The monoisotopic (exact) mass is 805 g/mol.